The first-order valence-corrected chi connectivity index (χ1v) is 6.72. The van der Waals surface area contributed by atoms with Gasteiger partial charge in [0, 0.05) is 28.1 Å². The number of ether oxygens (including phenoxy) is 1. The minimum absolute atomic E-state index is 0.0561. The smallest absolute Gasteiger partial charge is 0.237 e. The number of hydrazine groups is 2. The SMILES string of the molecule is CCC(OC)N(C)NC(=S)CC(=S)NN(C)C(C)=O. The second-order valence-electron chi connectivity index (χ2n) is 4.03. The van der Waals surface area contributed by atoms with Crippen LogP contribution in [0, 0.1) is 0 Å². The molecule has 0 aliphatic carbocycles. The van der Waals surface area contributed by atoms with Gasteiger partial charge in [0.05, 0.1) is 11.4 Å². The first-order chi connectivity index (χ1) is 8.81. The van der Waals surface area contributed by atoms with Crippen molar-refractivity contribution in [3.05, 3.63) is 0 Å². The molecule has 19 heavy (non-hydrogen) atoms. The summed E-state index contributed by atoms with van der Waals surface area (Å²) in [5, 5.41) is 3.11. The molecule has 0 aromatic heterocycles. The van der Waals surface area contributed by atoms with Gasteiger partial charge in [-0.2, -0.15) is 5.01 Å². The van der Waals surface area contributed by atoms with Crippen LogP contribution in [0.4, 0.5) is 0 Å². The van der Waals surface area contributed by atoms with Gasteiger partial charge in [0.25, 0.3) is 0 Å². The second-order valence-corrected chi connectivity index (χ2v) is 5.02. The molecular formula is C11H22N4O2S2. The Kier molecular flexibility index (Phi) is 8.73. The number of hydrogen-bond acceptors (Lipinski definition) is 5. The van der Waals surface area contributed by atoms with E-state index in [2.05, 4.69) is 10.9 Å². The lowest BCUT2D eigenvalue weighted by atomic mass is 10.4. The average molecular weight is 306 g/mol. The minimum Gasteiger partial charge on any atom is -0.365 e. The summed E-state index contributed by atoms with van der Waals surface area (Å²) in [6.07, 6.45) is 1.14. The first kappa shape index (κ1) is 18.2. The third kappa shape index (κ3) is 7.36. The standard InChI is InChI=1S/C11H22N4O2S2/c1-6-11(17-5)15(4)13-10(19)7-9(18)12-14(3)8(2)16/h11H,6-7H2,1-5H3,(H,12,18)(H,13,19). The normalized spacial score (nSPS) is 11.9. The Balaban J connectivity index is 4.17. The predicted octanol–water partition coefficient (Wildman–Crippen LogP) is 0.833. The average Bonchev–Trinajstić information content (AvgIpc) is 2.29. The lowest BCUT2D eigenvalue weighted by molar-refractivity contribution is -0.129. The van der Waals surface area contributed by atoms with Crippen LogP contribution in [0.15, 0.2) is 0 Å². The van der Waals surface area contributed by atoms with Gasteiger partial charge in [0.15, 0.2) is 0 Å². The van der Waals surface area contributed by atoms with Gasteiger partial charge in [-0.05, 0) is 6.42 Å². The topological polar surface area (TPSA) is 56.8 Å². The number of nitrogens with one attached hydrogen (secondary N) is 2. The molecule has 1 unspecified atom stereocenters. The van der Waals surface area contributed by atoms with Crippen LogP contribution in [0.1, 0.15) is 26.7 Å². The summed E-state index contributed by atoms with van der Waals surface area (Å²) in [5.74, 6) is -0.122. The van der Waals surface area contributed by atoms with Crippen LogP contribution in [0.2, 0.25) is 0 Å². The summed E-state index contributed by atoms with van der Waals surface area (Å²) in [6.45, 7) is 3.47. The van der Waals surface area contributed by atoms with Crippen LogP contribution in [0.3, 0.4) is 0 Å². The molecule has 0 aliphatic heterocycles. The molecule has 0 heterocycles. The number of hydrogen-bond donors (Lipinski definition) is 2. The number of carbonyl (C=O) groups is 1. The number of amides is 1. The van der Waals surface area contributed by atoms with Gasteiger partial charge in [-0.3, -0.25) is 15.2 Å². The van der Waals surface area contributed by atoms with E-state index in [1.165, 1.54) is 11.9 Å². The van der Waals surface area contributed by atoms with E-state index < -0.39 is 0 Å². The van der Waals surface area contributed by atoms with Gasteiger partial charge in [0.1, 0.15) is 11.2 Å². The molecule has 110 valence electrons. The summed E-state index contributed by atoms with van der Waals surface area (Å²) in [6, 6.07) is 0. The zero-order chi connectivity index (χ0) is 15.0. The summed E-state index contributed by atoms with van der Waals surface area (Å²) in [5.41, 5.74) is 5.80. The summed E-state index contributed by atoms with van der Waals surface area (Å²) in [7, 11) is 5.10. The molecule has 8 heteroatoms. The Morgan fingerprint density at radius 1 is 1.26 bits per heavy atom. The van der Waals surface area contributed by atoms with Crippen molar-refractivity contribution in [3.8, 4) is 0 Å². The number of methoxy groups -OCH3 is 1. The molecule has 6 nitrogen and oxygen atoms in total. The second kappa shape index (κ2) is 9.13. The van der Waals surface area contributed by atoms with Gasteiger partial charge in [-0.15, -0.1) is 0 Å². The van der Waals surface area contributed by atoms with Gasteiger partial charge in [0.2, 0.25) is 5.91 Å². The Bertz CT molecular complexity index is 335. The van der Waals surface area contributed by atoms with Crippen molar-refractivity contribution in [2.45, 2.75) is 32.9 Å². The maximum absolute atomic E-state index is 11.0. The minimum atomic E-state index is -0.122. The molecule has 0 saturated carbocycles. The van der Waals surface area contributed by atoms with Gasteiger partial charge >= 0.3 is 0 Å². The molecule has 0 aromatic rings. The zero-order valence-corrected chi connectivity index (χ0v) is 13.7. The molecule has 2 N–H and O–H groups in total. The largest absolute Gasteiger partial charge is 0.365 e. The lowest BCUT2D eigenvalue weighted by Crippen LogP contribution is -2.48. The van der Waals surface area contributed by atoms with Crippen molar-refractivity contribution in [3.63, 3.8) is 0 Å². The fraction of sp³-hybridized carbons (Fsp3) is 0.727. The Morgan fingerprint density at radius 3 is 2.21 bits per heavy atom. The van der Waals surface area contributed by atoms with E-state index in [1.807, 2.05) is 14.0 Å². The van der Waals surface area contributed by atoms with E-state index in [0.717, 1.165) is 6.42 Å². The molecule has 0 saturated heterocycles. The van der Waals surface area contributed by atoms with Crippen molar-refractivity contribution >= 4 is 40.3 Å². The fourth-order valence-electron chi connectivity index (χ4n) is 1.36. The van der Waals surface area contributed by atoms with Crippen LogP contribution >= 0.6 is 24.4 Å². The lowest BCUT2D eigenvalue weighted by Gasteiger charge is -2.27. The van der Waals surface area contributed by atoms with E-state index >= 15 is 0 Å². The molecule has 0 aromatic carbocycles. The van der Waals surface area contributed by atoms with E-state index in [1.54, 1.807) is 19.2 Å². The van der Waals surface area contributed by atoms with Crippen LogP contribution in [-0.2, 0) is 9.53 Å². The number of rotatable bonds is 6. The molecule has 0 rings (SSSR count). The maximum atomic E-state index is 11.0. The summed E-state index contributed by atoms with van der Waals surface area (Å²) in [4.78, 5) is 12.1. The van der Waals surface area contributed by atoms with E-state index in [9.17, 15) is 4.79 Å². The highest BCUT2D eigenvalue weighted by Crippen LogP contribution is 2.00. The Labute approximate surface area is 125 Å². The van der Waals surface area contributed by atoms with Crippen LogP contribution in [-0.4, -0.2) is 53.3 Å². The van der Waals surface area contributed by atoms with Crippen molar-refractivity contribution in [1.82, 2.24) is 20.9 Å². The highest BCUT2D eigenvalue weighted by Gasteiger charge is 2.13. The molecule has 1 amide bonds. The van der Waals surface area contributed by atoms with Crippen LogP contribution in [0.5, 0.6) is 0 Å². The number of carbonyl (C=O) groups excluding carboxylic acids is 1. The van der Waals surface area contributed by atoms with E-state index in [-0.39, 0.29) is 12.1 Å². The third-order valence-corrected chi connectivity index (χ3v) is 2.91. The Hall–Kier alpha value is -0.830. The van der Waals surface area contributed by atoms with E-state index in [0.29, 0.717) is 16.4 Å². The molecular weight excluding hydrogens is 284 g/mol. The van der Waals surface area contributed by atoms with Gasteiger partial charge < -0.3 is 10.2 Å². The fourth-order valence-corrected chi connectivity index (χ4v) is 2.02. The van der Waals surface area contributed by atoms with Crippen LogP contribution in [0.25, 0.3) is 0 Å². The summed E-state index contributed by atoms with van der Waals surface area (Å²) < 4.78 is 5.27. The maximum Gasteiger partial charge on any atom is 0.237 e. The van der Waals surface area contributed by atoms with Crippen LogP contribution < -0.4 is 10.9 Å². The molecule has 0 radical (unpaired) electrons. The van der Waals surface area contributed by atoms with Crippen molar-refractivity contribution in [2.24, 2.45) is 0 Å². The van der Waals surface area contributed by atoms with Crippen molar-refractivity contribution in [1.29, 1.82) is 0 Å². The third-order valence-electron chi connectivity index (χ3n) is 2.44. The van der Waals surface area contributed by atoms with Gasteiger partial charge in [-0.25, -0.2) is 0 Å². The Morgan fingerprint density at radius 2 is 1.79 bits per heavy atom. The quantitative estimate of drug-likeness (QED) is 0.428. The molecule has 1 atom stereocenters. The summed E-state index contributed by atoms with van der Waals surface area (Å²) >= 11 is 10.3. The first-order valence-electron chi connectivity index (χ1n) is 5.90. The molecule has 0 bridgehead atoms. The monoisotopic (exact) mass is 306 g/mol. The zero-order valence-electron chi connectivity index (χ0n) is 12.0. The van der Waals surface area contributed by atoms with Gasteiger partial charge in [-0.1, -0.05) is 31.4 Å². The predicted molar refractivity (Wildman–Crippen MR) is 83.4 cm³/mol. The molecule has 0 fully saturated rings. The number of thiocarbonyl (C=S) groups is 2. The number of nitrogens with zero attached hydrogens (tertiary/aromatic N) is 2. The molecule has 0 spiro atoms. The van der Waals surface area contributed by atoms with Crippen molar-refractivity contribution in [2.75, 3.05) is 21.2 Å². The highest BCUT2D eigenvalue weighted by atomic mass is 32.1. The van der Waals surface area contributed by atoms with E-state index in [4.69, 9.17) is 29.2 Å². The van der Waals surface area contributed by atoms with Crippen molar-refractivity contribution < 1.29 is 9.53 Å². The molecule has 0 aliphatic rings. The highest BCUT2D eigenvalue weighted by molar-refractivity contribution is 7.82.